The van der Waals surface area contributed by atoms with Crippen LogP contribution in [0.5, 0.6) is 0 Å². The molecule has 0 atom stereocenters. The van der Waals surface area contributed by atoms with Crippen molar-refractivity contribution < 1.29 is 0 Å². The monoisotopic (exact) mass is 444 g/mol. The molecule has 2 aromatic rings. The van der Waals surface area contributed by atoms with Crippen LogP contribution in [0.2, 0.25) is 0 Å². The summed E-state index contributed by atoms with van der Waals surface area (Å²) < 4.78 is 2.39. The Morgan fingerprint density at radius 2 is 1.38 bits per heavy atom. The zero-order valence-electron chi connectivity index (χ0n) is 6.54. The molecule has 0 aromatic carbocycles. The fourth-order valence-electron chi connectivity index (χ4n) is 1.04. The first-order valence-corrected chi connectivity index (χ1v) is 18.9. The van der Waals surface area contributed by atoms with Crippen molar-refractivity contribution in [1.29, 1.82) is 0 Å². The van der Waals surface area contributed by atoms with Gasteiger partial charge in [-0.25, -0.2) is 0 Å². The van der Waals surface area contributed by atoms with Crippen molar-refractivity contribution in [3.8, 4) is 0 Å². The Hall–Kier alpha value is 0.902. The van der Waals surface area contributed by atoms with E-state index in [0.29, 0.717) is 0 Å². The Morgan fingerprint density at radius 1 is 0.923 bits per heavy atom. The topological polar surface area (TPSA) is 0 Å². The number of hydrogen-bond donors (Lipinski definition) is 0. The summed E-state index contributed by atoms with van der Waals surface area (Å²) in [7, 11) is 13.0. The SMILES string of the molecule is [Cl][Pb]([Cl])([c]1cccs1)[c]1cccs1. The first kappa shape index (κ1) is 10.4. The van der Waals surface area contributed by atoms with Gasteiger partial charge in [-0.3, -0.25) is 0 Å². The van der Waals surface area contributed by atoms with Gasteiger partial charge < -0.3 is 0 Å². The summed E-state index contributed by atoms with van der Waals surface area (Å²) in [6.45, 7) is 0. The molecule has 2 rings (SSSR count). The molecule has 0 amide bonds. The zero-order valence-corrected chi connectivity index (χ0v) is 13.6. The molecule has 0 fully saturated rings. The molecular formula is C8H6Cl2PbS2. The summed E-state index contributed by atoms with van der Waals surface area (Å²) in [5.74, 6) is 0. The van der Waals surface area contributed by atoms with Crippen LogP contribution in [-0.2, 0) is 0 Å². The van der Waals surface area contributed by atoms with Crippen molar-refractivity contribution in [3.05, 3.63) is 35.0 Å². The van der Waals surface area contributed by atoms with Crippen molar-refractivity contribution in [1.82, 2.24) is 0 Å². The number of hydrogen-bond acceptors (Lipinski definition) is 2. The molecule has 0 aliphatic heterocycles. The van der Waals surface area contributed by atoms with E-state index in [2.05, 4.69) is 0 Å². The molecule has 0 radical (unpaired) electrons. The first-order chi connectivity index (χ1) is 6.21. The Labute approximate surface area is 96.7 Å². The molecule has 2 heterocycles. The van der Waals surface area contributed by atoms with E-state index in [1.807, 2.05) is 35.0 Å². The van der Waals surface area contributed by atoms with Crippen LogP contribution < -0.4 is 4.87 Å². The van der Waals surface area contributed by atoms with Crippen molar-refractivity contribution in [2.24, 2.45) is 0 Å². The maximum absolute atomic E-state index is 6.48. The molecule has 0 aliphatic rings. The zero-order chi connectivity index (χ0) is 9.31. The molecule has 0 saturated heterocycles. The van der Waals surface area contributed by atoms with E-state index >= 15 is 0 Å². The molecule has 0 spiro atoms. The third-order valence-electron chi connectivity index (χ3n) is 1.66. The quantitative estimate of drug-likeness (QED) is 0.626. The van der Waals surface area contributed by atoms with Gasteiger partial charge in [0.15, 0.2) is 0 Å². The summed E-state index contributed by atoms with van der Waals surface area (Å²) >= 11 is 0.0715. The third-order valence-corrected chi connectivity index (χ3v) is 28.3. The van der Waals surface area contributed by atoms with Crippen LogP contribution in [0.3, 0.4) is 0 Å². The van der Waals surface area contributed by atoms with Crippen LogP contribution in [-0.4, -0.2) is 18.7 Å². The molecule has 68 valence electrons. The molecule has 5 heteroatoms. The Morgan fingerprint density at radius 3 is 1.69 bits per heavy atom. The van der Waals surface area contributed by atoms with Gasteiger partial charge in [-0.15, -0.1) is 0 Å². The average Bonchev–Trinajstić information content (AvgIpc) is 2.78. The molecule has 0 bridgehead atoms. The number of rotatable bonds is 2. The van der Waals surface area contributed by atoms with Gasteiger partial charge in [0.05, 0.1) is 0 Å². The summed E-state index contributed by atoms with van der Waals surface area (Å²) in [6.07, 6.45) is 0. The van der Waals surface area contributed by atoms with Gasteiger partial charge in [-0.2, -0.15) is 0 Å². The molecule has 13 heavy (non-hydrogen) atoms. The number of thiophene rings is 2. The van der Waals surface area contributed by atoms with Crippen molar-refractivity contribution in [2.45, 2.75) is 0 Å². The van der Waals surface area contributed by atoms with Crippen LogP contribution in [0.25, 0.3) is 0 Å². The number of halogens is 2. The average molecular weight is 444 g/mol. The van der Waals surface area contributed by atoms with E-state index < -0.39 is 18.7 Å². The summed E-state index contributed by atoms with van der Waals surface area (Å²) in [4.78, 5) is 0. The normalized spacial score (nSPS) is 11.8. The molecule has 0 nitrogen and oxygen atoms in total. The Bertz CT molecular complexity index is 331. The van der Waals surface area contributed by atoms with E-state index in [-0.39, 0.29) is 0 Å². The minimum absolute atomic E-state index is 1.19. The first-order valence-electron chi connectivity index (χ1n) is 3.67. The summed E-state index contributed by atoms with van der Waals surface area (Å²) in [5.41, 5.74) is 0. The van der Waals surface area contributed by atoms with E-state index in [0.717, 1.165) is 0 Å². The van der Waals surface area contributed by atoms with Gasteiger partial charge in [0.1, 0.15) is 0 Å². The van der Waals surface area contributed by atoms with Crippen molar-refractivity contribution in [2.75, 3.05) is 0 Å². The third kappa shape index (κ3) is 2.12. The van der Waals surface area contributed by atoms with Crippen LogP contribution >= 0.6 is 39.3 Å². The van der Waals surface area contributed by atoms with Gasteiger partial charge in [-0.1, -0.05) is 0 Å². The molecule has 0 N–H and O–H groups in total. The van der Waals surface area contributed by atoms with Crippen LogP contribution in [0, 0.1) is 0 Å². The van der Waals surface area contributed by atoms with Crippen LogP contribution in [0.4, 0.5) is 0 Å². The fourth-order valence-corrected chi connectivity index (χ4v) is 20.0. The van der Waals surface area contributed by atoms with Crippen molar-refractivity contribution in [3.63, 3.8) is 0 Å². The van der Waals surface area contributed by atoms with Gasteiger partial charge in [0.2, 0.25) is 0 Å². The standard InChI is InChI=1S/2C4H3S.2ClH.Pb/c2*1-2-4-5-3-1;;;/h2*1-3H;2*1H;/q;;;;+2/p-2. The van der Waals surface area contributed by atoms with E-state index in [4.69, 9.17) is 16.6 Å². The Kier molecular flexibility index (Phi) is 3.35. The minimum atomic E-state index is -3.27. The van der Waals surface area contributed by atoms with E-state index in [1.165, 1.54) is 4.87 Å². The molecular weight excluding hydrogens is 438 g/mol. The van der Waals surface area contributed by atoms with Gasteiger partial charge in [0, 0.05) is 0 Å². The summed E-state index contributed by atoms with van der Waals surface area (Å²) in [5, 5.41) is 4.06. The van der Waals surface area contributed by atoms with Gasteiger partial charge in [-0.05, 0) is 0 Å². The second kappa shape index (κ2) is 4.18. The second-order valence-electron chi connectivity index (χ2n) is 2.53. The van der Waals surface area contributed by atoms with Gasteiger partial charge >= 0.3 is 97.9 Å². The van der Waals surface area contributed by atoms with Crippen LogP contribution in [0.1, 0.15) is 0 Å². The predicted octanol–water partition coefficient (Wildman–Crippen LogP) is 2.84. The van der Waals surface area contributed by atoms with Gasteiger partial charge in [0.25, 0.3) is 0 Å². The van der Waals surface area contributed by atoms with Crippen molar-refractivity contribution >= 4 is 62.9 Å². The molecule has 0 aliphatic carbocycles. The fraction of sp³-hybridized carbons (Fsp3) is 0. The van der Waals surface area contributed by atoms with Crippen LogP contribution in [0.15, 0.2) is 35.0 Å². The molecule has 0 saturated carbocycles. The van der Waals surface area contributed by atoms with E-state index in [1.54, 1.807) is 22.7 Å². The predicted molar refractivity (Wildman–Crippen MR) is 65.4 cm³/mol. The maximum atomic E-state index is 6.48. The molecule has 2 aromatic heterocycles. The second-order valence-corrected chi connectivity index (χ2v) is 27.5. The summed E-state index contributed by atoms with van der Waals surface area (Å²) in [6, 6.07) is 8.11. The Balaban J connectivity index is 2.42. The van der Waals surface area contributed by atoms with E-state index in [9.17, 15) is 0 Å². The molecule has 0 unspecified atom stereocenters.